The SMILES string of the molecule is ClCl.FC(F)(F)c1ccc(Cl)nc1.FC(F)(F)c1cccnc1. The second-order valence-corrected chi connectivity index (χ2v) is 3.99. The molecule has 2 heterocycles. The van der Waals surface area contributed by atoms with Gasteiger partial charge in [-0.15, -0.1) is 0 Å². The average molecular weight is 400 g/mol. The lowest BCUT2D eigenvalue weighted by atomic mass is 10.3. The zero-order chi connectivity index (χ0) is 18.1. The molecule has 0 bridgehead atoms. The summed E-state index contributed by atoms with van der Waals surface area (Å²) >= 11 is 5.28. The van der Waals surface area contributed by atoms with Gasteiger partial charge in [0.25, 0.3) is 0 Å². The topological polar surface area (TPSA) is 25.8 Å². The van der Waals surface area contributed by atoms with Gasteiger partial charge >= 0.3 is 12.4 Å². The van der Waals surface area contributed by atoms with Gasteiger partial charge in [-0.3, -0.25) is 4.98 Å². The maximum absolute atomic E-state index is 11.8. The van der Waals surface area contributed by atoms with Gasteiger partial charge in [-0.25, -0.2) is 4.98 Å². The molecule has 0 aliphatic heterocycles. The van der Waals surface area contributed by atoms with Gasteiger partial charge in [-0.05, 0) is 24.3 Å². The predicted molar refractivity (Wildman–Crippen MR) is 75.2 cm³/mol. The Balaban J connectivity index is 0.000000381. The molecule has 2 aromatic rings. The van der Waals surface area contributed by atoms with Crippen molar-refractivity contribution in [3.05, 3.63) is 59.1 Å². The van der Waals surface area contributed by atoms with Crippen molar-refractivity contribution >= 4 is 33.3 Å². The molecule has 128 valence electrons. The van der Waals surface area contributed by atoms with E-state index in [1.807, 2.05) is 0 Å². The van der Waals surface area contributed by atoms with Gasteiger partial charge in [0.05, 0.1) is 11.1 Å². The zero-order valence-corrected chi connectivity index (χ0v) is 13.1. The Kier molecular flexibility index (Phi) is 9.26. The van der Waals surface area contributed by atoms with Crippen LogP contribution in [0.15, 0.2) is 42.9 Å². The fourth-order valence-electron chi connectivity index (χ4n) is 1.07. The molecule has 0 spiro atoms. The Labute approximate surface area is 141 Å². The maximum Gasteiger partial charge on any atom is 0.417 e. The van der Waals surface area contributed by atoms with Crippen molar-refractivity contribution in [3.8, 4) is 0 Å². The third-order valence-electron chi connectivity index (χ3n) is 2.04. The molecule has 11 heteroatoms. The quantitative estimate of drug-likeness (QED) is 0.387. The molecular formula is C12H7Cl3F6N2. The van der Waals surface area contributed by atoms with Crippen molar-refractivity contribution in [2.24, 2.45) is 0 Å². The first-order valence-electron chi connectivity index (χ1n) is 5.41. The molecule has 2 aromatic heterocycles. The molecule has 0 saturated carbocycles. The smallest absolute Gasteiger partial charge is 0.264 e. The zero-order valence-electron chi connectivity index (χ0n) is 10.8. The summed E-state index contributed by atoms with van der Waals surface area (Å²) in [5.74, 6) is 0. The molecule has 0 aromatic carbocycles. The van der Waals surface area contributed by atoms with E-state index in [1.54, 1.807) is 0 Å². The number of aromatic nitrogens is 2. The third-order valence-corrected chi connectivity index (χ3v) is 2.27. The summed E-state index contributed by atoms with van der Waals surface area (Å²) in [7, 11) is 8.22. The van der Waals surface area contributed by atoms with E-state index in [9.17, 15) is 26.3 Å². The van der Waals surface area contributed by atoms with Crippen LogP contribution in [0.2, 0.25) is 5.15 Å². The van der Waals surface area contributed by atoms with Gasteiger partial charge in [0, 0.05) is 40.3 Å². The Morgan fingerprint density at radius 3 is 1.61 bits per heavy atom. The maximum atomic E-state index is 11.8. The van der Waals surface area contributed by atoms with Crippen LogP contribution in [0, 0.1) is 0 Å². The van der Waals surface area contributed by atoms with Crippen LogP contribution in [0.3, 0.4) is 0 Å². The van der Waals surface area contributed by atoms with Crippen LogP contribution in [0.5, 0.6) is 0 Å². The number of rotatable bonds is 0. The average Bonchev–Trinajstić information content (AvgIpc) is 2.49. The summed E-state index contributed by atoms with van der Waals surface area (Å²) in [4.78, 5) is 6.62. The van der Waals surface area contributed by atoms with Crippen molar-refractivity contribution in [2.45, 2.75) is 12.4 Å². The van der Waals surface area contributed by atoms with Gasteiger partial charge in [0.1, 0.15) is 5.15 Å². The first-order chi connectivity index (χ1) is 10.6. The molecule has 0 N–H and O–H groups in total. The van der Waals surface area contributed by atoms with Crippen LogP contribution in [-0.2, 0) is 12.4 Å². The minimum atomic E-state index is -4.34. The summed E-state index contributed by atoms with van der Waals surface area (Å²) < 4.78 is 70.8. The molecule has 0 unspecified atom stereocenters. The number of pyridine rings is 2. The molecule has 0 amide bonds. The highest BCUT2D eigenvalue weighted by atomic mass is 36.5. The Morgan fingerprint density at radius 1 is 0.783 bits per heavy atom. The fraction of sp³-hybridized carbons (Fsp3) is 0.167. The summed E-state index contributed by atoms with van der Waals surface area (Å²) in [6.07, 6.45) is -5.82. The lowest BCUT2D eigenvalue weighted by Crippen LogP contribution is -2.04. The molecule has 0 saturated heterocycles. The monoisotopic (exact) mass is 398 g/mol. The second kappa shape index (κ2) is 9.79. The van der Waals surface area contributed by atoms with Crippen molar-refractivity contribution in [1.29, 1.82) is 0 Å². The van der Waals surface area contributed by atoms with E-state index in [0.29, 0.717) is 6.20 Å². The first-order valence-corrected chi connectivity index (χ1v) is 6.93. The van der Waals surface area contributed by atoms with E-state index in [4.69, 9.17) is 11.6 Å². The van der Waals surface area contributed by atoms with E-state index in [2.05, 4.69) is 31.7 Å². The predicted octanol–water partition coefficient (Wildman–Crippen LogP) is 6.23. The van der Waals surface area contributed by atoms with Crippen LogP contribution >= 0.6 is 33.3 Å². The van der Waals surface area contributed by atoms with E-state index >= 15 is 0 Å². The van der Waals surface area contributed by atoms with Crippen molar-refractivity contribution < 1.29 is 26.3 Å². The Bertz CT molecular complexity index is 558. The fourth-order valence-corrected chi connectivity index (χ4v) is 1.19. The molecule has 2 rings (SSSR count). The van der Waals surface area contributed by atoms with Crippen molar-refractivity contribution in [3.63, 3.8) is 0 Å². The van der Waals surface area contributed by atoms with E-state index in [0.717, 1.165) is 24.4 Å². The molecule has 0 aliphatic carbocycles. The van der Waals surface area contributed by atoms with Crippen LogP contribution in [0.4, 0.5) is 26.3 Å². The number of hydrogen-bond donors (Lipinski definition) is 0. The summed E-state index contributed by atoms with van der Waals surface area (Å²) in [6.45, 7) is 0. The van der Waals surface area contributed by atoms with Gasteiger partial charge < -0.3 is 0 Å². The molecule has 23 heavy (non-hydrogen) atoms. The molecule has 2 nitrogen and oxygen atoms in total. The summed E-state index contributed by atoms with van der Waals surface area (Å²) in [5, 5.41) is 0.0537. The largest absolute Gasteiger partial charge is 0.417 e. The van der Waals surface area contributed by atoms with Crippen LogP contribution in [-0.4, -0.2) is 9.97 Å². The number of alkyl halides is 6. The highest BCUT2D eigenvalue weighted by molar-refractivity contribution is 6.85. The summed E-state index contributed by atoms with van der Waals surface area (Å²) in [5.41, 5.74) is -1.50. The van der Waals surface area contributed by atoms with Gasteiger partial charge in [-0.1, -0.05) is 11.6 Å². The Morgan fingerprint density at radius 2 is 1.30 bits per heavy atom. The Hall–Kier alpha value is -1.25. The molecule has 0 atom stereocenters. The minimum absolute atomic E-state index is 0.0537. The molecule has 0 fully saturated rings. The van der Waals surface area contributed by atoms with Gasteiger partial charge in [0.2, 0.25) is 0 Å². The number of nitrogens with zero attached hydrogens (tertiary/aromatic N) is 2. The number of hydrogen-bond acceptors (Lipinski definition) is 2. The third kappa shape index (κ3) is 8.83. The summed E-state index contributed by atoms with van der Waals surface area (Å²) in [6, 6.07) is 4.22. The first kappa shape index (κ1) is 21.8. The van der Waals surface area contributed by atoms with Crippen molar-refractivity contribution in [1.82, 2.24) is 9.97 Å². The van der Waals surface area contributed by atoms with Crippen molar-refractivity contribution in [2.75, 3.05) is 0 Å². The van der Waals surface area contributed by atoms with Gasteiger partial charge in [-0.2, -0.15) is 26.3 Å². The lowest BCUT2D eigenvalue weighted by Gasteiger charge is -2.04. The molecule has 0 aliphatic rings. The normalized spacial score (nSPS) is 10.8. The van der Waals surface area contributed by atoms with E-state index in [-0.39, 0.29) is 5.15 Å². The standard InChI is InChI=1S/C6H3ClF3N.C6H4F3N.Cl2/c7-5-2-1-4(3-11-5)6(8,9)10;7-6(8,9)5-2-1-3-10-4-5;1-2/h1-3H;1-4H;. The minimum Gasteiger partial charge on any atom is -0.264 e. The van der Waals surface area contributed by atoms with E-state index in [1.165, 1.54) is 12.3 Å². The van der Waals surface area contributed by atoms with Crippen LogP contribution in [0.1, 0.15) is 11.1 Å². The van der Waals surface area contributed by atoms with Crippen LogP contribution in [0.25, 0.3) is 0 Å². The highest BCUT2D eigenvalue weighted by Gasteiger charge is 2.30. The van der Waals surface area contributed by atoms with Crippen LogP contribution < -0.4 is 0 Å². The number of halogens is 9. The molecular weight excluding hydrogens is 392 g/mol. The lowest BCUT2D eigenvalue weighted by molar-refractivity contribution is -0.138. The van der Waals surface area contributed by atoms with E-state index < -0.39 is 23.5 Å². The second-order valence-electron chi connectivity index (χ2n) is 3.61. The highest BCUT2D eigenvalue weighted by Crippen LogP contribution is 2.29. The van der Waals surface area contributed by atoms with Gasteiger partial charge in [0.15, 0.2) is 0 Å². The molecule has 0 radical (unpaired) electrons.